The van der Waals surface area contributed by atoms with Crippen molar-refractivity contribution in [2.24, 2.45) is 13.0 Å². The van der Waals surface area contributed by atoms with Gasteiger partial charge in [-0.1, -0.05) is 0 Å². The van der Waals surface area contributed by atoms with Crippen LogP contribution in [0.4, 0.5) is 0 Å². The van der Waals surface area contributed by atoms with E-state index in [1.165, 1.54) is 9.87 Å². The summed E-state index contributed by atoms with van der Waals surface area (Å²) in [7, 11) is -1.75. The number of hydrogen-bond donors (Lipinski definition) is 0. The number of sulfonamides is 1. The van der Waals surface area contributed by atoms with Crippen LogP contribution in [0.15, 0.2) is 23.5 Å². The lowest BCUT2D eigenvalue weighted by molar-refractivity contribution is -0.138. The summed E-state index contributed by atoms with van der Waals surface area (Å²) in [6, 6.07) is 0. The molecule has 2 aliphatic rings. The maximum absolute atomic E-state index is 13.2. The van der Waals surface area contributed by atoms with Crippen molar-refractivity contribution in [2.75, 3.05) is 39.3 Å². The standard InChI is InChI=1S/C21H33N7O3S/c1-4-27-16-20(17(2)23-27)32(30,31)28-7-5-6-19(15-28)21(29)26-10-8-25(9-11-26)14-18-12-22-24(3)13-18/h12-13,16,19H,4-11,14-15H2,1-3H3/t19-/m0/s1. The first-order valence-corrected chi connectivity index (χ1v) is 12.7. The minimum atomic E-state index is -3.66. The van der Waals surface area contributed by atoms with Gasteiger partial charge in [0.15, 0.2) is 0 Å². The molecule has 0 bridgehead atoms. The van der Waals surface area contributed by atoms with Gasteiger partial charge in [-0.3, -0.25) is 19.1 Å². The molecule has 1 atom stereocenters. The first-order valence-electron chi connectivity index (χ1n) is 11.3. The van der Waals surface area contributed by atoms with Gasteiger partial charge >= 0.3 is 0 Å². The number of nitrogens with zero attached hydrogens (tertiary/aromatic N) is 7. The highest BCUT2D eigenvalue weighted by molar-refractivity contribution is 7.89. The molecular formula is C21H33N7O3S. The molecule has 2 aromatic heterocycles. The van der Waals surface area contributed by atoms with Crippen molar-refractivity contribution in [2.45, 2.75) is 44.7 Å². The van der Waals surface area contributed by atoms with E-state index in [2.05, 4.69) is 15.1 Å². The van der Waals surface area contributed by atoms with Gasteiger partial charge in [-0.2, -0.15) is 14.5 Å². The summed E-state index contributed by atoms with van der Waals surface area (Å²) in [6.07, 6.45) is 6.91. The van der Waals surface area contributed by atoms with Crippen LogP contribution in [0.25, 0.3) is 0 Å². The van der Waals surface area contributed by atoms with Crippen molar-refractivity contribution in [1.29, 1.82) is 0 Å². The SMILES string of the molecule is CCn1cc(S(=O)(=O)N2CCC[C@H](C(=O)N3CCN(Cc4cnn(C)c4)CC3)C2)c(C)n1. The van der Waals surface area contributed by atoms with E-state index in [1.54, 1.807) is 22.5 Å². The Balaban J connectivity index is 1.36. The lowest BCUT2D eigenvalue weighted by Crippen LogP contribution is -2.52. The van der Waals surface area contributed by atoms with Crippen LogP contribution < -0.4 is 0 Å². The maximum atomic E-state index is 13.2. The van der Waals surface area contributed by atoms with Crippen molar-refractivity contribution in [3.8, 4) is 0 Å². The van der Waals surface area contributed by atoms with E-state index in [-0.39, 0.29) is 23.3 Å². The van der Waals surface area contributed by atoms with Crippen LogP contribution in [0.1, 0.15) is 31.0 Å². The number of piperazine rings is 1. The molecule has 10 nitrogen and oxygen atoms in total. The fourth-order valence-electron chi connectivity index (χ4n) is 4.61. The Kier molecular flexibility index (Phi) is 6.68. The zero-order valence-corrected chi connectivity index (χ0v) is 20.0. The third-order valence-corrected chi connectivity index (χ3v) is 8.39. The van der Waals surface area contributed by atoms with Gasteiger partial charge in [0.05, 0.1) is 17.8 Å². The van der Waals surface area contributed by atoms with Crippen LogP contribution in [-0.4, -0.2) is 87.3 Å². The first kappa shape index (κ1) is 22.9. The Morgan fingerprint density at radius 1 is 1.16 bits per heavy atom. The topological polar surface area (TPSA) is 96.6 Å². The molecule has 0 aliphatic carbocycles. The average Bonchev–Trinajstić information content (AvgIpc) is 3.39. The largest absolute Gasteiger partial charge is 0.340 e. The minimum Gasteiger partial charge on any atom is -0.340 e. The predicted octanol–water partition coefficient (Wildman–Crippen LogP) is 0.690. The summed E-state index contributed by atoms with van der Waals surface area (Å²) in [5, 5.41) is 8.50. The summed E-state index contributed by atoms with van der Waals surface area (Å²) >= 11 is 0. The van der Waals surface area contributed by atoms with Gasteiger partial charge in [0.2, 0.25) is 15.9 Å². The molecule has 2 aliphatic heterocycles. The highest BCUT2D eigenvalue weighted by Gasteiger charge is 2.37. The Morgan fingerprint density at radius 3 is 2.53 bits per heavy atom. The minimum absolute atomic E-state index is 0.0758. The Morgan fingerprint density at radius 2 is 1.91 bits per heavy atom. The van der Waals surface area contributed by atoms with Gasteiger partial charge in [-0.15, -0.1) is 0 Å². The molecule has 2 fully saturated rings. The van der Waals surface area contributed by atoms with E-state index in [1.807, 2.05) is 31.3 Å². The molecule has 2 aromatic rings. The van der Waals surface area contributed by atoms with Gasteiger partial charge in [0, 0.05) is 77.4 Å². The molecule has 0 radical (unpaired) electrons. The van der Waals surface area contributed by atoms with E-state index in [4.69, 9.17) is 0 Å². The molecule has 1 amide bonds. The molecule has 176 valence electrons. The number of aryl methyl sites for hydroxylation is 3. The smallest absolute Gasteiger partial charge is 0.246 e. The van der Waals surface area contributed by atoms with Crippen LogP contribution >= 0.6 is 0 Å². The van der Waals surface area contributed by atoms with E-state index in [0.29, 0.717) is 38.3 Å². The monoisotopic (exact) mass is 463 g/mol. The normalized spacial score (nSPS) is 21.2. The summed E-state index contributed by atoms with van der Waals surface area (Å²) in [6.45, 7) is 8.74. The zero-order valence-electron chi connectivity index (χ0n) is 19.1. The van der Waals surface area contributed by atoms with Crippen LogP contribution in [0.2, 0.25) is 0 Å². The zero-order chi connectivity index (χ0) is 22.9. The quantitative estimate of drug-likeness (QED) is 0.625. The molecule has 4 heterocycles. The molecule has 11 heteroatoms. The van der Waals surface area contributed by atoms with Gasteiger partial charge < -0.3 is 4.90 Å². The maximum Gasteiger partial charge on any atom is 0.246 e. The number of amides is 1. The fourth-order valence-corrected chi connectivity index (χ4v) is 6.31. The number of rotatable bonds is 6. The van der Waals surface area contributed by atoms with Crippen LogP contribution in [0, 0.1) is 12.8 Å². The molecule has 0 N–H and O–H groups in total. The van der Waals surface area contributed by atoms with Gasteiger partial charge in [-0.25, -0.2) is 8.42 Å². The Hall–Kier alpha value is -2.24. The number of aromatic nitrogens is 4. The lowest BCUT2D eigenvalue weighted by Gasteiger charge is -2.38. The van der Waals surface area contributed by atoms with Crippen LogP contribution in [0.5, 0.6) is 0 Å². The Labute approximate surface area is 189 Å². The van der Waals surface area contributed by atoms with Crippen molar-refractivity contribution in [3.05, 3.63) is 29.8 Å². The number of carbonyl (C=O) groups excluding carboxylic acids is 1. The first-order chi connectivity index (χ1) is 15.3. The Bertz CT molecular complexity index is 1050. The second-order valence-electron chi connectivity index (χ2n) is 8.76. The summed E-state index contributed by atoms with van der Waals surface area (Å²) in [5.74, 6) is -0.211. The summed E-state index contributed by atoms with van der Waals surface area (Å²) < 4.78 is 31.4. The van der Waals surface area contributed by atoms with Crippen molar-refractivity contribution in [3.63, 3.8) is 0 Å². The highest BCUT2D eigenvalue weighted by Crippen LogP contribution is 2.27. The molecule has 4 rings (SSSR count). The second kappa shape index (κ2) is 9.32. The number of piperidine rings is 1. The van der Waals surface area contributed by atoms with E-state index in [9.17, 15) is 13.2 Å². The third-order valence-electron chi connectivity index (χ3n) is 6.42. The van der Waals surface area contributed by atoms with Crippen LogP contribution in [-0.2, 0) is 35.0 Å². The fraction of sp³-hybridized carbons (Fsp3) is 0.667. The molecule has 0 aromatic carbocycles. The van der Waals surface area contributed by atoms with E-state index in [0.717, 1.165) is 26.1 Å². The van der Waals surface area contributed by atoms with Gasteiger partial charge in [0.1, 0.15) is 4.90 Å². The van der Waals surface area contributed by atoms with Crippen LogP contribution in [0.3, 0.4) is 0 Å². The second-order valence-corrected chi connectivity index (χ2v) is 10.7. The van der Waals surface area contributed by atoms with E-state index < -0.39 is 10.0 Å². The van der Waals surface area contributed by atoms with E-state index >= 15 is 0 Å². The molecular weight excluding hydrogens is 430 g/mol. The number of hydrogen-bond acceptors (Lipinski definition) is 6. The third kappa shape index (κ3) is 4.74. The molecule has 0 unspecified atom stereocenters. The molecule has 0 saturated carbocycles. The van der Waals surface area contributed by atoms with Gasteiger partial charge in [-0.05, 0) is 26.7 Å². The average molecular weight is 464 g/mol. The molecule has 2 saturated heterocycles. The summed E-state index contributed by atoms with van der Waals surface area (Å²) in [4.78, 5) is 17.7. The van der Waals surface area contributed by atoms with Crippen molar-refractivity contribution in [1.82, 2.24) is 33.7 Å². The van der Waals surface area contributed by atoms with Gasteiger partial charge in [0.25, 0.3) is 0 Å². The summed E-state index contributed by atoms with van der Waals surface area (Å²) in [5.41, 5.74) is 1.67. The highest BCUT2D eigenvalue weighted by atomic mass is 32.2. The lowest BCUT2D eigenvalue weighted by atomic mass is 9.97. The number of carbonyl (C=O) groups is 1. The molecule has 0 spiro atoms. The van der Waals surface area contributed by atoms with Crippen molar-refractivity contribution < 1.29 is 13.2 Å². The molecule has 32 heavy (non-hydrogen) atoms. The van der Waals surface area contributed by atoms with Crippen molar-refractivity contribution >= 4 is 15.9 Å². The predicted molar refractivity (Wildman–Crippen MR) is 119 cm³/mol.